The van der Waals surface area contributed by atoms with Crippen molar-refractivity contribution in [1.82, 2.24) is 0 Å². The van der Waals surface area contributed by atoms with Crippen LogP contribution in [0.4, 0.5) is 17.1 Å². The lowest BCUT2D eigenvalue weighted by molar-refractivity contribution is -0.384. The molecule has 1 amide bonds. The van der Waals surface area contributed by atoms with Crippen LogP contribution in [0.25, 0.3) is 11.3 Å². The van der Waals surface area contributed by atoms with Gasteiger partial charge in [0, 0.05) is 36.0 Å². The van der Waals surface area contributed by atoms with Gasteiger partial charge in [-0.1, -0.05) is 11.6 Å². The molecule has 2 N–H and O–H groups in total. The van der Waals surface area contributed by atoms with Gasteiger partial charge in [-0.15, -0.1) is 0 Å². The second-order valence-corrected chi connectivity index (χ2v) is 7.99. The van der Waals surface area contributed by atoms with E-state index < -0.39 is 10.8 Å². The molecule has 2 aromatic carbocycles. The number of hydrogen-bond donors (Lipinski definition) is 2. The molecule has 1 aromatic heterocycles. The van der Waals surface area contributed by atoms with Crippen LogP contribution in [0.2, 0.25) is 5.02 Å². The minimum atomic E-state index is -0.470. The first-order valence-corrected chi connectivity index (χ1v) is 10.7. The van der Waals surface area contributed by atoms with Crippen molar-refractivity contribution in [2.24, 2.45) is 0 Å². The summed E-state index contributed by atoms with van der Waals surface area (Å²) >= 11 is 6.35. The van der Waals surface area contributed by atoms with Gasteiger partial charge in [0.1, 0.15) is 23.8 Å². The van der Waals surface area contributed by atoms with Gasteiger partial charge in [0.2, 0.25) is 0 Å². The molecule has 166 valence electrons. The number of nitrogens with zero attached hydrogens (tertiary/aromatic N) is 2. The van der Waals surface area contributed by atoms with E-state index in [1.807, 2.05) is 4.90 Å². The van der Waals surface area contributed by atoms with E-state index in [1.54, 1.807) is 42.5 Å². The second kappa shape index (κ2) is 9.42. The van der Waals surface area contributed by atoms with E-state index in [1.165, 1.54) is 6.07 Å². The molecule has 8 nitrogen and oxygen atoms in total. The van der Waals surface area contributed by atoms with E-state index in [0.717, 1.165) is 32.4 Å². The Kier molecular flexibility index (Phi) is 6.43. The quantitative estimate of drug-likeness (QED) is 0.388. The van der Waals surface area contributed by atoms with E-state index in [-0.39, 0.29) is 17.9 Å². The number of benzene rings is 2. The van der Waals surface area contributed by atoms with Crippen molar-refractivity contribution in [3.63, 3.8) is 0 Å². The fourth-order valence-corrected chi connectivity index (χ4v) is 4.09. The summed E-state index contributed by atoms with van der Waals surface area (Å²) in [5.74, 6) is 0.451. The van der Waals surface area contributed by atoms with Crippen molar-refractivity contribution in [1.29, 1.82) is 0 Å². The molecule has 2 heterocycles. The lowest BCUT2D eigenvalue weighted by Gasteiger charge is -2.28. The molecular weight excluding hydrogens is 434 g/mol. The van der Waals surface area contributed by atoms with Crippen LogP contribution in [0.3, 0.4) is 0 Å². The van der Waals surface area contributed by atoms with Crippen LogP contribution >= 0.6 is 11.6 Å². The number of piperidine rings is 1. The summed E-state index contributed by atoms with van der Waals surface area (Å²) in [6.07, 6.45) is 3.11. The largest absolute Gasteiger partial charge is 0.459 e. The standard InChI is InChI=1S/C23H22ClN3O5/c24-19-13-16(5-7-18(19)22-9-6-17(14-28)32-22)25-23(29)15-4-8-20(21(12-15)27(30)31)26-10-2-1-3-11-26/h4-9,12-13,28H,1-3,10-11,14H2,(H,25,29). The third kappa shape index (κ3) is 4.61. The van der Waals surface area contributed by atoms with Gasteiger partial charge in [-0.3, -0.25) is 14.9 Å². The number of aliphatic hydroxyl groups is 1. The minimum Gasteiger partial charge on any atom is -0.459 e. The Morgan fingerprint density at radius 1 is 1.12 bits per heavy atom. The summed E-state index contributed by atoms with van der Waals surface area (Å²) in [5.41, 5.74) is 1.72. The first-order chi connectivity index (χ1) is 15.5. The fourth-order valence-electron chi connectivity index (χ4n) is 3.82. The number of nitrogens with one attached hydrogen (secondary N) is 1. The predicted molar refractivity (Wildman–Crippen MR) is 122 cm³/mol. The summed E-state index contributed by atoms with van der Waals surface area (Å²) in [4.78, 5) is 25.9. The van der Waals surface area contributed by atoms with Crippen LogP contribution in [0.5, 0.6) is 0 Å². The van der Waals surface area contributed by atoms with Gasteiger partial charge < -0.3 is 19.7 Å². The number of furan rings is 1. The zero-order valence-electron chi connectivity index (χ0n) is 17.2. The summed E-state index contributed by atoms with van der Waals surface area (Å²) in [5, 5.41) is 23.9. The zero-order chi connectivity index (χ0) is 22.7. The summed E-state index contributed by atoms with van der Waals surface area (Å²) in [7, 11) is 0. The van der Waals surface area contributed by atoms with Gasteiger partial charge >= 0.3 is 0 Å². The SMILES string of the molecule is O=C(Nc1ccc(-c2ccc(CO)o2)c(Cl)c1)c1ccc(N2CCCCC2)c([N+](=O)[O-])c1. The van der Waals surface area contributed by atoms with Gasteiger partial charge in [-0.2, -0.15) is 0 Å². The molecule has 9 heteroatoms. The minimum absolute atomic E-state index is 0.0783. The van der Waals surface area contributed by atoms with Crippen molar-refractivity contribution >= 4 is 34.6 Å². The molecule has 0 radical (unpaired) electrons. The summed E-state index contributed by atoms with van der Waals surface area (Å²) in [6.45, 7) is 1.33. The lowest BCUT2D eigenvalue weighted by atomic mass is 10.1. The van der Waals surface area contributed by atoms with Gasteiger partial charge in [-0.25, -0.2) is 0 Å². The Balaban J connectivity index is 1.54. The molecule has 0 aliphatic carbocycles. The number of rotatable bonds is 6. The van der Waals surface area contributed by atoms with Crippen molar-refractivity contribution in [3.05, 3.63) is 75.0 Å². The second-order valence-electron chi connectivity index (χ2n) is 7.58. The smallest absolute Gasteiger partial charge is 0.293 e. The maximum Gasteiger partial charge on any atom is 0.293 e. The molecule has 1 aliphatic heterocycles. The zero-order valence-corrected chi connectivity index (χ0v) is 18.0. The molecule has 3 aromatic rings. The number of carbonyl (C=O) groups is 1. The first kappa shape index (κ1) is 21.9. The average Bonchev–Trinajstić information content (AvgIpc) is 3.28. The van der Waals surface area contributed by atoms with Crippen molar-refractivity contribution in [2.45, 2.75) is 25.9 Å². The summed E-state index contributed by atoms with van der Waals surface area (Å²) < 4.78 is 5.50. The van der Waals surface area contributed by atoms with E-state index in [0.29, 0.717) is 33.5 Å². The Morgan fingerprint density at radius 3 is 2.56 bits per heavy atom. The Morgan fingerprint density at radius 2 is 1.91 bits per heavy atom. The highest BCUT2D eigenvalue weighted by molar-refractivity contribution is 6.33. The highest BCUT2D eigenvalue weighted by Gasteiger charge is 2.23. The highest BCUT2D eigenvalue weighted by atomic mass is 35.5. The number of amides is 1. The monoisotopic (exact) mass is 455 g/mol. The van der Waals surface area contributed by atoms with Crippen LogP contribution < -0.4 is 10.2 Å². The van der Waals surface area contributed by atoms with Gasteiger partial charge in [0.25, 0.3) is 11.6 Å². The summed E-state index contributed by atoms with van der Waals surface area (Å²) in [6, 6.07) is 12.8. The number of hydrogen-bond acceptors (Lipinski definition) is 6. The first-order valence-electron chi connectivity index (χ1n) is 10.3. The maximum atomic E-state index is 12.7. The predicted octanol–water partition coefficient (Wildman–Crippen LogP) is 5.24. The number of aliphatic hydroxyl groups excluding tert-OH is 1. The third-order valence-electron chi connectivity index (χ3n) is 5.44. The Labute approximate surface area is 189 Å². The molecule has 1 saturated heterocycles. The average molecular weight is 456 g/mol. The van der Waals surface area contributed by atoms with Crippen LogP contribution in [0, 0.1) is 10.1 Å². The third-order valence-corrected chi connectivity index (χ3v) is 5.75. The fraction of sp³-hybridized carbons (Fsp3) is 0.261. The van der Waals surface area contributed by atoms with E-state index >= 15 is 0 Å². The van der Waals surface area contributed by atoms with Crippen LogP contribution in [0.15, 0.2) is 52.9 Å². The van der Waals surface area contributed by atoms with E-state index in [4.69, 9.17) is 21.1 Å². The number of halogens is 1. The molecule has 0 bridgehead atoms. The highest BCUT2D eigenvalue weighted by Crippen LogP contribution is 2.33. The number of anilines is 2. The molecular formula is C23H22ClN3O5. The number of carbonyl (C=O) groups excluding carboxylic acids is 1. The number of nitro groups is 1. The van der Waals surface area contributed by atoms with Gasteiger partial charge in [0.05, 0.1) is 9.95 Å². The molecule has 4 rings (SSSR count). The molecule has 0 spiro atoms. The van der Waals surface area contributed by atoms with Crippen LogP contribution in [0.1, 0.15) is 35.4 Å². The Bertz CT molecular complexity index is 1150. The lowest BCUT2D eigenvalue weighted by Crippen LogP contribution is -2.30. The van der Waals surface area contributed by atoms with Gasteiger partial charge in [0.15, 0.2) is 0 Å². The topological polar surface area (TPSA) is 109 Å². The molecule has 0 saturated carbocycles. The molecule has 1 fully saturated rings. The maximum absolute atomic E-state index is 12.7. The molecule has 0 unspecified atom stereocenters. The van der Waals surface area contributed by atoms with Crippen LogP contribution in [-0.4, -0.2) is 29.0 Å². The van der Waals surface area contributed by atoms with Gasteiger partial charge in [-0.05, 0) is 61.7 Å². The van der Waals surface area contributed by atoms with Crippen molar-refractivity contribution in [2.75, 3.05) is 23.3 Å². The van der Waals surface area contributed by atoms with Crippen LogP contribution in [-0.2, 0) is 6.61 Å². The van der Waals surface area contributed by atoms with E-state index in [2.05, 4.69) is 5.32 Å². The molecule has 1 aliphatic rings. The molecule has 32 heavy (non-hydrogen) atoms. The van der Waals surface area contributed by atoms with Crippen molar-refractivity contribution in [3.8, 4) is 11.3 Å². The normalized spacial score (nSPS) is 13.8. The van der Waals surface area contributed by atoms with E-state index in [9.17, 15) is 14.9 Å². The Hall–Kier alpha value is -3.36. The molecule has 0 atom stereocenters. The van der Waals surface area contributed by atoms with Crippen molar-refractivity contribution < 1.29 is 19.2 Å². The number of nitro benzene ring substituents is 1.